The second-order valence-corrected chi connectivity index (χ2v) is 5.28. The Morgan fingerprint density at radius 1 is 1.16 bits per heavy atom. The number of nitrogen functional groups attached to an aromatic ring is 1. The summed E-state index contributed by atoms with van der Waals surface area (Å²) < 4.78 is 11.9. The van der Waals surface area contributed by atoms with Crippen LogP contribution in [0, 0.1) is 0 Å². The van der Waals surface area contributed by atoms with Gasteiger partial charge in [-0.2, -0.15) is 0 Å². The van der Waals surface area contributed by atoms with Crippen LogP contribution in [0.2, 0.25) is 5.02 Å². The Labute approximate surface area is 125 Å². The van der Waals surface area contributed by atoms with E-state index >= 15 is 0 Å². The molecule has 0 saturated heterocycles. The molecule has 19 heavy (non-hydrogen) atoms. The van der Waals surface area contributed by atoms with Crippen molar-refractivity contribution < 1.29 is 9.47 Å². The van der Waals surface area contributed by atoms with Gasteiger partial charge in [0.1, 0.15) is 18.1 Å². The third-order valence-corrected chi connectivity index (χ3v) is 3.33. The SMILES string of the molecule is COc1ccc(Br)cc1COc1cc(Cl)ccc1N. The molecule has 0 aliphatic carbocycles. The van der Waals surface area contributed by atoms with Crippen LogP contribution in [0.5, 0.6) is 11.5 Å². The summed E-state index contributed by atoms with van der Waals surface area (Å²) in [7, 11) is 1.63. The van der Waals surface area contributed by atoms with Gasteiger partial charge in [-0.05, 0) is 30.3 Å². The summed E-state index contributed by atoms with van der Waals surface area (Å²) in [6.45, 7) is 0.354. The molecule has 0 bridgehead atoms. The number of ether oxygens (including phenoxy) is 2. The van der Waals surface area contributed by atoms with E-state index in [0.717, 1.165) is 15.8 Å². The van der Waals surface area contributed by atoms with Crippen LogP contribution >= 0.6 is 27.5 Å². The van der Waals surface area contributed by atoms with Crippen molar-refractivity contribution in [3.8, 4) is 11.5 Å². The maximum atomic E-state index is 5.91. The molecule has 0 unspecified atom stereocenters. The summed E-state index contributed by atoms with van der Waals surface area (Å²) in [6, 6.07) is 10.9. The fourth-order valence-electron chi connectivity index (χ4n) is 1.65. The van der Waals surface area contributed by atoms with Gasteiger partial charge in [0.05, 0.1) is 12.8 Å². The molecule has 2 aromatic rings. The van der Waals surface area contributed by atoms with Gasteiger partial charge in [0.15, 0.2) is 0 Å². The Morgan fingerprint density at radius 3 is 2.68 bits per heavy atom. The van der Waals surface area contributed by atoms with E-state index in [1.165, 1.54) is 0 Å². The first-order valence-electron chi connectivity index (χ1n) is 5.60. The highest BCUT2D eigenvalue weighted by Crippen LogP contribution is 2.28. The van der Waals surface area contributed by atoms with Crippen molar-refractivity contribution in [3.05, 3.63) is 51.5 Å². The molecule has 0 spiro atoms. The second kappa shape index (κ2) is 6.17. The van der Waals surface area contributed by atoms with E-state index in [9.17, 15) is 0 Å². The average Bonchev–Trinajstić information content (AvgIpc) is 2.40. The molecule has 0 amide bonds. The van der Waals surface area contributed by atoms with Crippen molar-refractivity contribution in [1.82, 2.24) is 0 Å². The van der Waals surface area contributed by atoms with E-state index in [0.29, 0.717) is 23.1 Å². The quantitative estimate of drug-likeness (QED) is 0.844. The smallest absolute Gasteiger partial charge is 0.144 e. The van der Waals surface area contributed by atoms with Gasteiger partial charge < -0.3 is 15.2 Å². The Morgan fingerprint density at radius 2 is 1.95 bits per heavy atom. The maximum absolute atomic E-state index is 5.91. The predicted molar refractivity (Wildman–Crippen MR) is 80.9 cm³/mol. The lowest BCUT2D eigenvalue weighted by atomic mass is 10.2. The Balaban J connectivity index is 2.18. The second-order valence-electron chi connectivity index (χ2n) is 3.93. The van der Waals surface area contributed by atoms with E-state index in [-0.39, 0.29) is 0 Å². The van der Waals surface area contributed by atoms with Crippen molar-refractivity contribution in [2.24, 2.45) is 0 Å². The summed E-state index contributed by atoms with van der Waals surface area (Å²) in [5.41, 5.74) is 7.31. The number of rotatable bonds is 4. The molecule has 0 aliphatic rings. The zero-order valence-corrected chi connectivity index (χ0v) is 12.7. The highest BCUT2D eigenvalue weighted by molar-refractivity contribution is 9.10. The van der Waals surface area contributed by atoms with Crippen LogP contribution in [0.3, 0.4) is 0 Å². The van der Waals surface area contributed by atoms with Gasteiger partial charge in [0.25, 0.3) is 0 Å². The topological polar surface area (TPSA) is 44.5 Å². The third-order valence-electron chi connectivity index (χ3n) is 2.60. The fourth-order valence-corrected chi connectivity index (χ4v) is 2.22. The van der Waals surface area contributed by atoms with Crippen LogP contribution in [0.1, 0.15) is 5.56 Å². The van der Waals surface area contributed by atoms with Gasteiger partial charge in [-0.1, -0.05) is 27.5 Å². The van der Waals surface area contributed by atoms with Crippen molar-refractivity contribution in [2.75, 3.05) is 12.8 Å². The van der Waals surface area contributed by atoms with Gasteiger partial charge in [0, 0.05) is 21.1 Å². The lowest BCUT2D eigenvalue weighted by Gasteiger charge is -2.12. The van der Waals surface area contributed by atoms with E-state index in [2.05, 4.69) is 15.9 Å². The van der Waals surface area contributed by atoms with Crippen molar-refractivity contribution in [1.29, 1.82) is 0 Å². The number of methoxy groups -OCH3 is 1. The summed E-state index contributed by atoms with van der Waals surface area (Å²) in [5.74, 6) is 1.33. The minimum atomic E-state index is 0.354. The van der Waals surface area contributed by atoms with E-state index in [1.54, 1.807) is 25.3 Å². The zero-order valence-electron chi connectivity index (χ0n) is 10.3. The molecule has 3 nitrogen and oxygen atoms in total. The molecule has 0 saturated carbocycles. The molecular weight excluding hydrogens is 330 g/mol. The van der Waals surface area contributed by atoms with Crippen molar-refractivity contribution in [3.63, 3.8) is 0 Å². The Bertz CT molecular complexity index is 590. The maximum Gasteiger partial charge on any atom is 0.144 e. The Hall–Kier alpha value is -1.39. The van der Waals surface area contributed by atoms with Crippen molar-refractivity contribution >= 4 is 33.2 Å². The van der Waals surface area contributed by atoms with Crippen molar-refractivity contribution in [2.45, 2.75) is 6.61 Å². The molecule has 0 aliphatic heterocycles. The normalized spacial score (nSPS) is 10.3. The molecule has 0 fully saturated rings. The van der Waals surface area contributed by atoms with Gasteiger partial charge in [0.2, 0.25) is 0 Å². The van der Waals surface area contributed by atoms with Gasteiger partial charge >= 0.3 is 0 Å². The van der Waals surface area contributed by atoms with Crippen LogP contribution in [-0.4, -0.2) is 7.11 Å². The van der Waals surface area contributed by atoms with Gasteiger partial charge in [-0.15, -0.1) is 0 Å². The lowest BCUT2D eigenvalue weighted by molar-refractivity contribution is 0.298. The minimum Gasteiger partial charge on any atom is -0.496 e. The minimum absolute atomic E-state index is 0.354. The number of anilines is 1. The van der Waals surface area contributed by atoms with E-state index in [4.69, 9.17) is 26.8 Å². The fraction of sp³-hybridized carbons (Fsp3) is 0.143. The number of hydrogen-bond donors (Lipinski definition) is 1. The number of hydrogen-bond acceptors (Lipinski definition) is 3. The number of benzene rings is 2. The molecule has 2 aromatic carbocycles. The number of halogens is 2. The lowest BCUT2D eigenvalue weighted by Crippen LogP contribution is -2.01. The monoisotopic (exact) mass is 341 g/mol. The Kier molecular flexibility index (Phi) is 4.56. The summed E-state index contributed by atoms with van der Waals surface area (Å²) in [4.78, 5) is 0. The summed E-state index contributed by atoms with van der Waals surface area (Å²) >= 11 is 9.34. The molecule has 5 heteroatoms. The average molecular weight is 343 g/mol. The largest absolute Gasteiger partial charge is 0.496 e. The highest BCUT2D eigenvalue weighted by atomic mass is 79.9. The molecule has 0 heterocycles. The molecule has 100 valence electrons. The molecular formula is C14H13BrClNO2. The molecule has 0 atom stereocenters. The van der Waals surface area contributed by atoms with Crippen LogP contribution < -0.4 is 15.2 Å². The summed E-state index contributed by atoms with van der Waals surface area (Å²) in [6.07, 6.45) is 0. The molecule has 2 N–H and O–H groups in total. The first kappa shape index (κ1) is 14.0. The number of nitrogens with two attached hydrogens (primary N) is 1. The van der Waals surface area contributed by atoms with Crippen LogP contribution in [0.15, 0.2) is 40.9 Å². The standard InChI is InChI=1S/C14H13BrClNO2/c1-18-13-5-2-10(15)6-9(13)8-19-14-7-11(16)3-4-12(14)17/h2-7H,8,17H2,1H3. The molecule has 2 rings (SSSR count). The zero-order chi connectivity index (χ0) is 13.8. The first-order chi connectivity index (χ1) is 9.10. The van der Waals surface area contributed by atoms with Crippen LogP contribution in [0.25, 0.3) is 0 Å². The molecule has 0 aromatic heterocycles. The molecule has 0 radical (unpaired) electrons. The van der Waals surface area contributed by atoms with E-state index in [1.807, 2.05) is 18.2 Å². The van der Waals surface area contributed by atoms with E-state index < -0.39 is 0 Å². The first-order valence-corrected chi connectivity index (χ1v) is 6.77. The van der Waals surface area contributed by atoms with Gasteiger partial charge in [-0.25, -0.2) is 0 Å². The highest BCUT2D eigenvalue weighted by Gasteiger charge is 2.07. The van der Waals surface area contributed by atoms with Crippen LogP contribution in [0.4, 0.5) is 5.69 Å². The van der Waals surface area contributed by atoms with Gasteiger partial charge in [-0.3, -0.25) is 0 Å². The van der Waals surface area contributed by atoms with Crippen LogP contribution in [-0.2, 0) is 6.61 Å². The third kappa shape index (κ3) is 3.55. The predicted octanol–water partition coefficient (Wildman–Crippen LogP) is 4.27. The summed E-state index contributed by atoms with van der Waals surface area (Å²) in [5, 5.41) is 0.588.